The Kier molecular flexibility index (Phi) is 7.90. The Labute approximate surface area is 151 Å². The second-order valence-corrected chi connectivity index (χ2v) is 7.00. The van der Waals surface area contributed by atoms with Crippen molar-refractivity contribution in [2.75, 3.05) is 0 Å². The average Bonchev–Trinajstić information content (AvgIpc) is 2.64. The lowest BCUT2D eigenvalue weighted by Crippen LogP contribution is -1.91. The third kappa shape index (κ3) is 5.29. The number of hydrogen-bond donors (Lipinski definition) is 3. The highest BCUT2D eigenvalue weighted by molar-refractivity contribution is 5.96. The van der Waals surface area contributed by atoms with Gasteiger partial charge in [-0.1, -0.05) is 89.0 Å². The summed E-state index contributed by atoms with van der Waals surface area (Å²) >= 11 is 0. The molecule has 0 bridgehead atoms. The SMILES string of the molecule is CCCCCCCCCCCCc1c(O)c(O)c2ccccc2c1O. The first-order valence-corrected chi connectivity index (χ1v) is 9.81. The highest BCUT2D eigenvalue weighted by Crippen LogP contribution is 2.44. The lowest BCUT2D eigenvalue weighted by molar-refractivity contribution is 0.394. The van der Waals surface area contributed by atoms with Crippen molar-refractivity contribution in [3.8, 4) is 17.2 Å². The van der Waals surface area contributed by atoms with E-state index < -0.39 is 0 Å². The van der Waals surface area contributed by atoms with E-state index in [-0.39, 0.29) is 17.2 Å². The third-order valence-corrected chi connectivity index (χ3v) is 5.01. The molecule has 2 rings (SSSR count). The van der Waals surface area contributed by atoms with Gasteiger partial charge in [-0.15, -0.1) is 0 Å². The number of rotatable bonds is 11. The maximum absolute atomic E-state index is 10.4. The number of phenolic OH excluding ortho intramolecular Hbond substituents is 3. The smallest absolute Gasteiger partial charge is 0.166 e. The van der Waals surface area contributed by atoms with Crippen molar-refractivity contribution in [3.63, 3.8) is 0 Å². The number of fused-ring (bicyclic) bond motifs is 1. The number of hydrogen-bond acceptors (Lipinski definition) is 3. The van der Waals surface area contributed by atoms with Crippen LogP contribution in [0.1, 0.15) is 76.7 Å². The third-order valence-electron chi connectivity index (χ3n) is 5.01. The summed E-state index contributed by atoms with van der Waals surface area (Å²) in [6, 6.07) is 7.08. The maximum atomic E-state index is 10.4. The quantitative estimate of drug-likeness (QED) is 0.250. The monoisotopic (exact) mass is 344 g/mol. The predicted octanol–water partition coefficient (Wildman–Crippen LogP) is 6.42. The fourth-order valence-corrected chi connectivity index (χ4v) is 3.47. The molecule has 3 N–H and O–H groups in total. The number of benzene rings is 2. The molecule has 0 aliphatic carbocycles. The molecule has 138 valence electrons. The van der Waals surface area contributed by atoms with Crippen LogP contribution >= 0.6 is 0 Å². The van der Waals surface area contributed by atoms with Gasteiger partial charge in [0.15, 0.2) is 11.5 Å². The molecule has 0 amide bonds. The lowest BCUT2D eigenvalue weighted by Gasteiger charge is -2.13. The molecule has 0 aliphatic rings. The van der Waals surface area contributed by atoms with E-state index in [1.807, 2.05) is 6.07 Å². The first-order chi connectivity index (χ1) is 12.2. The molecule has 0 radical (unpaired) electrons. The Morgan fingerprint density at radius 3 is 1.64 bits per heavy atom. The van der Waals surface area contributed by atoms with Crippen molar-refractivity contribution in [2.45, 2.75) is 77.6 Å². The molecule has 2 aromatic rings. The van der Waals surface area contributed by atoms with E-state index in [2.05, 4.69) is 6.92 Å². The molecule has 0 atom stereocenters. The Morgan fingerprint density at radius 1 is 0.600 bits per heavy atom. The van der Waals surface area contributed by atoms with Crippen LogP contribution in [0.2, 0.25) is 0 Å². The summed E-state index contributed by atoms with van der Waals surface area (Å²) in [5.74, 6) is -0.204. The van der Waals surface area contributed by atoms with E-state index in [9.17, 15) is 15.3 Å². The van der Waals surface area contributed by atoms with Gasteiger partial charge >= 0.3 is 0 Å². The standard InChI is InChI=1S/C22H32O3/c1-2-3-4-5-6-7-8-9-10-11-16-19-20(23)17-14-12-13-15-18(17)21(24)22(19)25/h12-15,23-25H,2-11,16H2,1H3. The molecule has 3 heteroatoms. The summed E-state index contributed by atoms with van der Waals surface area (Å²) < 4.78 is 0. The van der Waals surface area contributed by atoms with Crippen LogP contribution in [0.4, 0.5) is 0 Å². The second-order valence-electron chi connectivity index (χ2n) is 7.00. The Bertz CT molecular complexity index is 664. The lowest BCUT2D eigenvalue weighted by atomic mass is 9.98. The first kappa shape index (κ1) is 19.4. The summed E-state index contributed by atoms with van der Waals surface area (Å²) in [6.45, 7) is 2.24. The average molecular weight is 344 g/mol. The van der Waals surface area contributed by atoms with E-state index in [0.29, 0.717) is 22.8 Å². The van der Waals surface area contributed by atoms with Crippen molar-refractivity contribution in [3.05, 3.63) is 29.8 Å². The Balaban J connectivity index is 1.78. The highest BCUT2D eigenvalue weighted by Gasteiger charge is 2.17. The molecule has 0 spiro atoms. The van der Waals surface area contributed by atoms with Gasteiger partial charge in [-0.2, -0.15) is 0 Å². The van der Waals surface area contributed by atoms with Gasteiger partial charge in [0.05, 0.1) is 0 Å². The maximum Gasteiger partial charge on any atom is 0.166 e. The van der Waals surface area contributed by atoms with E-state index >= 15 is 0 Å². The van der Waals surface area contributed by atoms with Gasteiger partial charge in [-0.25, -0.2) is 0 Å². The summed E-state index contributed by atoms with van der Waals surface area (Å²) in [6.07, 6.45) is 13.0. The Morgan fingerprint density at radius 2 is 1.08 bits per heavy atom. The van der Waals surface area contributed by atoms with Crippen LogP contribution in [0, 0.1) is 0 Å². The van der Waals surface area contributed by atoms with Gasteiger partial charge in [0, 0.05) is 16.3 Å². The number of phenols is 3. The van der Waals surface area contributed by atoms with Crippen LogP contribution < -0.4 is 0 Å². The number of aromatic hydroxyl groups is 3. The van der Waals surface area contributed by atoms with Crippen molar-refractivity contribution in [1.29, 1.82) is 0 Å². The van der Waals surface area contributed by atoms with Crippen LogP contribution in [0.5, 0.6) is 17.2 Å². The van der Waals surface area contributed by atoms with Crippen molar-refractivity contribution in [1.82, 2.24) is 0 Å². The van der Waals surface area contributed by atoms with Crippen molar-refractivity contribution in [2.24, 2.45) is 0 Å². The van der Waals surface area contributed by atoms with Crippen molar-refractivity contribution >= 4 is 10.8 Å². The largest absolute Gasteiger partial charge is 0.507 e. The van der Waals surface area contributed by atoms with Crippen LogP contribution in [0.15, 0.2) is 24.3 Å². The van der Waals surface area contributed by atoms with Gasteiger partial charge < -0.3 is 15.3 Å². The van der Waals surface area contributed by atoms with E-state index in [1.165, 1.54) is 51.4 Å². The molecule has 3 nitrogen and oxygen atoms in total. The fraction of sp³-hybridized carbons (Fsp3) is 0.545. The van der Waals surface area contributed by atoms with Gasteiger partial charge in [-0.05, 0) is 12.8 Å². The molecule has 25 heavy (non-hydrogen) atoms. The molecule has 0 heterocycles. The van der Waals surface area contributed by atoms with Gasteiger partial charge in [0.25, 0.3) is 0 Å². The zero-order valence-corrected chi connectivity index (χ0v) is 15.4. The minimum absolute atomic E-state index is 0.0989. The molecule has 0 fully saturated rings. The summed E-state index contributed by atoms with van der Waals surface area (Å²) in [5.41, 5.74) is 0.468. The predicted molar refractivity (Wildman–Crippen MR) is 104 cm³/mol. The zero-order chi connectivity index (χ0) is 18.1. The molecule has 0 saturated heterocycles. The summed E-state index contributed by atoms with van der Waals surface area (Å²) in [7, 11) is 0. The van der Waals surface area contributed by atoms with Gasteiger partial charge in [0.1, 0.15) is 5.75 Å². The van der Waals surface area contributed by atoms with E-state index in [1.54, 1.807) is 18.2 Å². The molecule has 0 aromatic heterocycles. The fourth-order valence-electron chi connectivity index (χ4n) is 3.47. The topological polar surface area (TPSA) is 60.7 Å². The first-order valence-electron chi connectivity index (χ1n) is 9.81. The normalized spacial score (nSPS) is 11.2. The Hall–Kier alpha value is -1.90. The molecule has 2 aromatic carbocycles. The zero-order valence-electron chi connectivity index (χ0n) is 15.4. The summed E-state index contributed by atoms with van der Waals surface area (Å²) in [5, 5.41) is 31.9. The van der Waals surface area contributed by atoms with E-state index in [0.717, 1.165) is 12.8 Å². The molecule has 0 unspecified atom stereocenters. The number of unbranched alkanes of at least 4 members (excludes halogenated alkanes) is 9. The van der Waals surface area contributed by atoms with Gasteiger partial charge in [-0.3, -0.25) is 0 Å². The van der Waals surface area contributed by atoms with Crippen LogP contribution in [0.25, 0.3) is 10.8 Å². The minimum atomic E-state index is -0.174. The van der Waals surface area contributed by atoms with E-state index in [4.69, 9.17) is 0 Å². The summed E-state index contributed by atoms with van der Waals surface area (Å²) in [4.78, 5) is 0. The highest BCUT2D eigenvalue weighted by atomic mass is 16.3. The molecular formula is C22H32O3. The van der Waals surface area contributed by atoms with Crippen LogP contribution in [0.3, 0.4) is 0 Å². The van der Waals surface area contributed by atoms with Crippen LogP contribution in [-0.4, -0.2) is 15.3 Å². The molecule has 0 saturated carbocycles. The molecular weight excluding hydrogens is 312 g/mol. The van der Waals surface area contributed by atoms with Crippen molar-refractivity contribution < 1.29 is 15.3 Å². The second kappa shape index (κ2) is 10.2. The molecule has 0 aliphatic heterocycles. The van der Waals surface area contributed by atoms with Gasteiger partial charge in [0.2, 0.25) is 0 Å². The van der Waals surface area contributed by atoms with Crippen LogP contribution in [-0.2, 0) is 6.42 Å². The minimum Gasteiger partial charge on any atom is -0.507 e.